The van der Waals surface area contributed by atoms with Gasteiger partial charge in [0.15, 0.2) is 0 Å². The number of hydrogen-bond donors (Lipinski definition) is 2. The number of hydrogen-bond acceptors (Lipinski definition) is 6. The summed E-state index contributed by atoms with van der Waals surface area (Å²) in [7, 11) is 0. The molecule has 5 rings (SSSR count). The normalized spacial score (nSPS) is 25.4. The Hall–Kier alpha value is -2.98. The molecule has 230 valence electrons. The summed E-state index contributed by atoms with van der Waals surface area (Å²) in [4.78, 5) is 59.5. The number of nitrogens with zero attached hydrogens (tertiary/aromatic N) is 3. The van der Waals surface area contributed by atoms with Crippen molar-refractivity contribution in [2.45, 2.75) is 96.4 Å². The number of benzene rings is 1. The van der Waals surface area contributed by atoms with Crippen LogP contribution in [0.15, 0.2) is 24.3 Å². The quantitative estimate of drug-likeness (QED) is 0.562. The lowest BCUT2D eigenvalue weighted by Crippen LogP contribution is -2.55. The molecule has 0 bridgehead atoms. The van der Waals surface area contributed by atoms with Gasteiger partial charge in [-0.15, -0.1) is 0 Å². The van der Waals surface area contributed by atoms with E-state index >= 15 is 0 Å². The topological polar surface area (TPSA) is 111 Å². The molecular formula is C32H47N5O5. The second kappa shape index (κ2) is 13.1. The van der Waals surface area contributed by atoms with E-state index in [-0.39, 0.29) is 54.1 Å². The molecule has 4 amide bonds. The van der Waals surface area contributed by atoms with Crippen molar-refractivity contribution in [3.8, 4) is 0 Å². The molecule has 0 unspecified atom stereocenters. The number of carbonyl (C=O) groups excluding carboxylic acids is 4. The van der Waals surface area contributed by atoms with Gasteiger partial charge < -0.3 is 30.1 Å². The molecule has 3 saturated heterocycles. The maximum Gasteiger partial charge on any atom is 0.243 e. The molecule has 2 N–H and O–H groups in total. The Kier molecular flexibility index (Phi) is 9.52. The second-order valence-electron chi connectivity index (χ2n) is 13.6. The van der Waals surface area contributed by atoms with Crippen molar-refractivity contribution in [3.05, 3.63) is 35.4 Å². The van der Waals surface area contributed by atoms with E-state index in [1.165, 1.54) is 0 Å². The smallest absolute Gasteiger partial charge is 0.243 e. The summed E-state index contributed by atoms with van der Waals surface area (Å²) in [6.07, 6.45) is 4.28. The van der Waals surface area contributed by atoms with E-state index in [2.05, 4.69) is 31.4 Å². The lowest BCUT2D eigenvalue weighted by Gasteiger charge is -2.40. The highest BCUT2D eigenvalue weighted by Crippen LogP contribution is 2.26. The number of piperidine rings is 1. The van der Waals surface area contributed by atoms with Gasteiger partial charge in [0.2, 0.25) is 23.6 Å². The Morgan fingerprint density at radius 1 is 0.952 bits per heavy atom. The molecule has 4 aliphatic heterocycles. The van der Waals surface area contributed by atoms with Crippen molar-refractivity contribution in [2.24, 2.45) is 5.41 Å². The largest absolute Gasteiger partial charge is 0.381 e. The zero-order valence-corrected chi connectivity index (χ0v) is 25.4. The van der Waals surface area contributed by atoms with E-state index in [0.29, 0.717) is 71.1 Å². The van der Waals surface area contributed by atoms with E-state index in [1.54, 1.807) is 9.80 Å². The third-order valence-corrected chi connectivity index (χ3v) is 9.10. The van der Waals surface area contributed by atoms with E-state index in [0.717, 1.165) is 24.0 Å². The van der Waals surface area contributed by atoms with Crippen molar-refractivity contribution in [1.29, 1.82) is 0 Å². The summed E-state index contributed by atoms with van der Waals surface area (Å²) in [6.45, 7) is 9.45. The van der Waals surface area contributed by atoms with Crippen LogP contribution in [0.4, 0.5) is 0 Å². The first kappa shape index (κ1) is 30.5. The van der Waals surface area contributed by atoms with Crippen LogP contribution in [0.3, 0.4) is 0 Å². The maximum atomic E-state index is 13.9. The molecule has 0 aromatic heterocycles. The highest BCUT2D eigenvalue weighted by atomic mass is 16.5. The van der Waals surface area contributed by atoms with Crippen LogP contribution in [0.1, 0.15) is 70.4 Å². The van der Waals surface area contributed by atoms with Crippen LogP contribution in [0, 0.1) is 5.41 Å². The molecule has 10 heteroatoms. The van der Waals surface area contributed by atoms with E-state index < -0.39 is 6.04 Å². The molecule has 4 heterocycles. The Morgan fingerprint density at radius 3 is 2.33 bits per heavy atom. The Bertz CT molecular complexity index is 1150. The zero-order valence-electron chi connectivity index (χ0n) is 25.4. The summed E-state index contributed by atoms with van der Waals surface area (Å²) in [5, 5.41) is 6.72. The minimum atomic E-state index is -0.588. The zero-order chi connectivity index (χ0) is 29.9. The lowest BCUT2D eigenvalue weighted by atomic mass is 9.91. The molecule has 42 heavy (non-hydrogen) atoms. The molecule has 0 aliphatic carbocycles. The maximum absolute atomic E-state index is 13.9. The fourth-order valence-corrected chi connectivity index (χ4v) is 6.80. The average molecular weight is 582 g/mol. The van der Waals surface area contributed by atoms with Gasteiger partial charge >= 0.3 is 0 Å². The monoisotopic (exact) mass is 581 g/mol. The predicted octanol–water partition coefficient (Wildman–Crippen LogP) is 1.85. The lowest BCUT2D eigenvalue weighted by molar-refractivity contribution is -0.146. The molecule has 10 nitrogen and oxygen atoms in total. The summed E-state index contributed by atoms with van der Waals surface area (Å²) < 4.78 is 5.50. The molecule has 4 aliphatic rings. The standard InChI is InChI=1S/C32H47N5O5/c1-32(2,3)18-29(39)35-12-8-26(9-13-35)36-21-30(40)37-20-25(34-24-10-14-42-15-11-24)17-27(37)31(41)33-19-23-7-5-4-6-22(23)16-28(36)38/h4-7,24-27,34H,8-21H2,1-3H3,(H,33,41)/t25-,27-/m0/s1. The summed E-state index contributed by atoms with van der Waals surface area (Å²) >= 11 is 0. The number of carbonyl (C=O) groups is 4. The van der Waals surface area contributed by atoms with E-state index in [9.17, 15) is 19.2 Å². The van der Waals surface area contributed by atoms with Gasteiger partial charge in [0.05, 0.1) is 6.42 Å². The first-order valence-corrected chi connectivity index (χ1v) is 15.6. The van der Waals surface area contributed by atoms with Crippen molar-refractivity contribution in [3.63, 3.8) is 0 Å². The first-order chi connectivity index (χ1) is 20.1. The Morgan fingerprint density at radius 2 is 1.64 bits per heavy atom. The van der Waals surface area contributed by atoms with Crippen molar-refractivity contribution >= 4 is 23.6 Å². The number of rotatable bonds is 4. The Labute approximate surface area is 249 Å². The minimum absolute atomic E-state index is 0.00596. The van der Waals surface area contributed by atoms with Crippen LogP contribution in [-0.2, 0) is 36.9 Å². The molecular weight excluding hydrogens is 534 g/mol. The summed E-state index contributed by atoms with van der Waals surface area (Å²) in [6, 6.07) is 7.28. The first-order valence-electron chi connectivity index (χ1n) is 15.6. The van der Waals surface area contributed by atoms with Crippen LogP contribution in [0.2, 0.25) is 0 Å². The minimum Gasteiger partial charge on any atom is -0.381 e. The fourth-order valence-electron chi connectivity index (χ4n) is 6.80. The molecule has 1 aromatic rings. The third kappa shape index (κ3) is 7.50. The van der Waals surface area contributed by atoms with Crippen LogP contribution in [0.5, 0.6) is 0 Å². The van der Waals surface area contributed by atoms with Gasteiger partial charge in [-0.3, -0.25) is 19.2 Å². The fraction of sp³-hybridized carbons (Fsp3) is 0.688. The molecule has 3 fully saturated rings. The summed E-state index contributed by atoms with van der Waals surface area (Å²) in [5.74, 6) is -0.298. The van der Waals surface area contributed by atoms with Gasteiger partial charge in [-0.25, -0.2) is 0 Å². The van der Waals surface area contributed by atoms with Gasteiger partial charge in [-0.05, 0) is 48.6 Å². The predicted molar refractivity (Wildman–Crippen MR) is 158 cm³/mol. The van der Waals surface area contributed by atoms with E-state index in [4.69, 9.17) is 4.74 Å². The highest BCUT2D eigenvalue weighted by molar-refractivity contribution is 5.91. The van der Waals surface area contributed by atoms with Crippen LogP contribution in [0.25, 0.3) is 0 Å². The number of amides is 4. The number of ether oxygens (including phenoxy) is 1. The van der Waals surface area contributed by atoms with Gasteiger partial charge in [0, 0.05) is 63.9 Å². The third-order valence-electron chi connectivity index (χ3n) is 9.10. The van der Waals surface area contributed by atoms with Crippen molar-refractivity contribution in [1.82, 2.24) is 25.3 Å². The van der Waals surface area contributed by atoms with Gasteiger partial charge in [-0.1, -0.05) is 45.0 Å². The average Bonchev–Trinajstić information content (AvgIpc) is 3.38. The molecule has 0 saturated carbocycles. The number of fused-ring (bicyclic) bond motifs is 2. The molecule has 0 spiro atoms. The number of nitrogens with one attached hydrogen (secondary N) is 2. The second-order valence-corrected chi connectivity index (χ2v) is 13.6. The molecule has 1 aromatic carbocycles. The van der Waals surface area contributed by atoms with Gasteiger partial charge in [0.25, 0.3) is 0 Å². The highest BCUT2D eigenvalue weighted by Gasteiger charge is 2.42. The van der Waals surface area contributed by atoms with Crippen LogP contribution >= 0.6 is 0 Å². The van der Waals surface area contributed by atoms with Crippen LogP contribution < -0.4 is 10.6 Å². The van der Waals surface area contributed by atoms with Crippen molar-refractivity contribution < 1.29 is 23.9 Å². The van der Waals surface area contributed by atoms with Gasteiger partial charge in [0.1, 0.15) is 12.6 Å². The van der Waals surface area contributed by atoms with Gasteiger partial charge in [-0.2, -0.15) is 0 Å². The molecule has 0 radical (unpaired) electrons. The molecule has 2 atom stereocenters. The van der Waals surface area contributed by atoms with Crippen LogP contribution in [-0.4, -0.2) is 102 Å². The Balaban J connectivity index is 1.35. The summed E-state index contributed by atoms with van der Waals surface area (Å²) in [5.41, 5.74) is 1.69. The number of likely N-dealkylation sites (tertiary alicyclic amines) is 1. The SMILES string of the molecule is CC(C)(C)CC(=O)N1CCC(N2CC(=O)N3C[C@@H](NC4CCOCC4)C[C@H]3C(=O)NCc3ccccc3CC2=O)CC1. The van der Waals surface area contributed by atoms with E-state index in [1.807, 2.05) is 29.2 Å². The van der Waals surface area contributed by atoms with Crippen molar-refractivity contribution in [2.75, 3.05) is 39.4 Å².